The van der Waals surface area contributed by atoms with Crippen molar-refractivity contribution < 1.29 is 0 Å². The van der Waals surface area contributed by atoms with Crippen molar-refractivity contribution in [2.75, 3.05) is 6.54 Å². The van der Waals surface area contributed by atoms with Crippen LogP contribution in [-0.4, -0.2) is 21.5 Å². The minimum Gasteiger partial charge on any atom is -0.305 e. The van der Waals surface area contributed by atoms with Crippen LogP contribution in [0.15, 0.2) is 41.5 Å². The highest BCUT2D eigenvalue weighted by Crippen LogP contribution is 2.25. The summed E-state index contributed by atoms with van der Waals surface area (Å²) in [6.07, 6.45) is 8.04. The molecule has 2 aromatic rings. The van der Waals surface area contributed by atoms with Crippen LogP contribution in [0.1, 0.15) is 30.6 Å². The second-order valence-corrected chi connectivity index (χ2v) is 4.78. The van der Waals surface area contributed by atoms with Gasteiger partial charge in [0.05, 0.1) is 11.7 Å². The molecule has 2 aromatic heterocycles. The fraction of sp³-hybridized carbons (Fsp3) is 0.308. The van der Waals surface area contributed by atoms with Gasteiger partial charge >= 0.3 is 0 Å². The van der Waals surface area contributed by atoms with Gasteiger partial charge in [-0.25, -0.2) is 9.97 Å². The average Bonchev–Trinajstić information content (AvgIpc) is 2.42. The number of nitrogens with zero attached hydrogens (tertiary/aromatic N) is 3. The molecule has 5 heteroatoms. The summed E-state index contributed by atoms with van der Waals surface area (Å²) < 4.78 is 0.988. The van der Waals surface area contributed by atoms with Crippen molar-refractivity contribution in [3.05, 3.63) is 52.8 Å². The molecule has 0 aliphatic carbocycles. The Balaban J connectivity index is 2.34. The van der Waals surface area contributed by atoms with Gasteiger partial charge in [-0.15, -0.1) is 0 Å². The molecule has 0 aromatic carbocycles. The van der Waals surface area contributed by atoms with E-state index in [1.54, 1.807) is 6.20 Å². The average molecular weight is 307 g/mol. The van der Waals surface area contributed by atoms with Crippen molar-refractivity contribution in [3.63, 3.8) is 0 Å². The summed E-state index contributed by atoms with van der Waals surface area (Å²) in [5.41, 5.74) is 1.98. The van der Waals surface area contributed by atoms with Crippen LogP contribution >= 0.6 is 15.9 Å². The van der Waals surface area contributed by atoms with Gasteiger partial charge in [0.2, 0.25) is 0 Å². The molecule has 0 fully saturated rings. The first-order chi connectivity index (χ1) is 8.83. The molecule has 0 radical (unpaired) electrons. The smallest absolute Gasteiger partial charge is 0.115 e. The molecule has 94 valence electrons. The molecule has 2 rings (SSSR count). The fourth-order valence-electron chi connectivity index (χ4n) is 1.73. The highest BCUT2D eigenvalue weighted by Gasteiger charge is 2.17. The second kappa shape index (κ2) is 6.56. The molecular weight excluding hydrogens is 292 g/mol. The molecule has 0 bridgehead atoms. The van der Waals surface area contributed by atoms with E-state index >= 15 is 0 Å². The zero-order valence-corrected chi connectivity index (χ0v) is 11.8. The number of rotatable bonds is 5. The molecule has 4 nitrogen and oxygen atoms in total. The Morgan fingerprint density at radius 1 is 1.33 bits per heavy atom. The maximum absolute atomic E-state index is 4.44. The lowest BCUT2D eigenvalue weighted by Crippen LogP contribution is -2.24. The molecular formula is C13H15BrN4. The molecule has 1 atom stereocenters. The van der Waals surface area contributed by atoms with Crippen molar-refractivity contribution in [1.29, 1.82) is 0 Å². The Morgan fingerprint density at radius 2 is 2.11 bits per heavy atom. The van der Waals surface area contributed by atoms with Gasteiger partial charge in [0, 0.05) is 28.6 Å². The number of nitrogens with one attached hydrogen (secondary N) is 1. The Labute approximate surface area is 115 Å². The number of pyridine rings is 1. The number of hydrogen-bond acceptors (Lipinski definition) is 4. The van der Waals surface area contributed by atoms with E-state index in [2.05, 4.69) is 43.1 Å². The molecule has 0 spiro atoms. The van der Waals surface area contributed by atoms with Gasteiger partial charge in [-0.05, 0) is 41.0 Å². The standard InChI is InChI=1S/C13H15BrN4/c1-2-5-17-12(10-7-15-9-16-8-10)13-11(14)4-3-6-18-13/h3-4,6-9,12,17H,2,5H2,1H3. The van der Waals surface area contributed by atoms with E-state index in [1.807, 2.05) is 24.5 Å². The van der Waals surface area contributed by atoms with E-state index in [4.69, 9.17) is 0 Å². The van der Waals surface area contributed by atoms with Crippen LogP contribution in [0, 0.1) is 0 Å². The monoisotopic (exact) mass is 306 g/mol. The van der Waals surface area contributed by atoms with Gasteiger partial charge in [0.25, 0.3) is 0 Å². The lowest BCUT2D eigenvalue weighted by molar-refractivity contribution is 0.581. The zero-order valence-electron chi connectivity index (χ0n) is 10.2. The molecule has 0 saturated carbocycles. The summed E-state index contributed by atoms with van der Waals surface area (Å²) in [7, 11) is 0. The first kappa shape index (κ1) is 13.1. The summed E-state index contributed by atoms with van der Waals surface area (Å²) in [5.74, 6) is 0. The third kappa shape index (κ3) is 3.11. The first-order valence-electron chi connectivity index (χ1n) is 5.91. The SMILES string of the molecule is CCCNC(c1cncnc1)c1ncccc1Br. The van der Waals surface area contributed by atoms with Crippen LogP contribution in [0.25, 0.3) is 0 Å². The predicted molar refractivity (Wildman–Crippen MR) is 74.1 cm³/mol. The quantitative estimate of drug-likeness (QED) is 0.923. The topological polar surface area (TPSA) is 50.7 Å². The number of aromatic nitrogens is 3. The zero-order chi connectivity index (χ0) is 12.8. The third-order valence-electron chi connectivity index (χ3n) is 2.57. The predicted octanol–water partition coefficient (Wildman–Crippen LogP) is 2.72. The Morgan fingerprint density at radius 3 is 2.78 bits per heavy atom. The molecule has 18 heavy (non-hydrogen) atoms. The minimum atomic E-state index is 0.0155. The van der Waals surface area contributed by atoms with Gasteiger partial charge in [-0.2, -0.15) is 0 Å². The van der Waals surface area contributed by atoms with Crippen molar-refractivity contribution in [1.82, 2.24) is 20.3 Å². The summed E-state index contributed by atoms with van der Waals surface area (Å²) >= 11 is 3.54. The third-order valence-corrected chi connectivity index (χ3v) is 3.24. The molecule has 0 amide bonds. The van der Waals surface area contributed by atoms with Gasteiger partial charge in [0.15, 0.2) is 0 Å². The van der Waals surface area contributed by atoms with Crippen LogP contribution in [0.3, 0.4) is 0 Å². The normalized spacial score (nSPS) is 12.3. The van der Waals surface area contributed by atoms with Crippen LogP contribution in [-0.2, 0) is 0 Å². The largest absolute Gasteiger partial charge is 0.305 e. The summed E-state index contributed by atoms with van der Waals surface area (Å²) in [5, 5.41) is 3.47. The Hall–Kier alpha value is -1.33. The van der Waals surface area contributed by atoms with E-state index < -0.39 is 0 Å². The van der Waals surface area contributed by atoms with E-state index in [-0.39, 0.29) is 6.04 Å². The van der Waals surface area contributed by atoms with Gasteiger partial charge in [-0.3, -0.25) is 4.98 Å². The maximum atomic E-state index is 4.44. The van der Waals surface area contributed by atoms with Crippen molar-refractivity contribution >= 4 is 15.9 Å². The first-order valence-corrected chi connectivity index (χ1v) is 6.71. The molecule has 0 aliphatic heterocycles. The lowest BCUT2D eigenvalue weighted by atomic mass is 10.1. The molecule has 0 aliphatic rings. The molecule has 1 unspecified atom stereocenters. The van der Waals surface area contributed by atoms with Crippen LogP contribution in [0.4, 0.5) is 0 Å². The van der Waals surface area contributed by atoms with Crippen LogP contribution in [0.2, 0.25) is 0 Å². The van der Waals surface area contributed by atoms with E-state index in [1.165, 1.54) is 6.33 Å². The van der Waals surface area contributed by atoms with Gasteiger partial charge < -0.3 is 5.32 Å². The molecule has 0 saturated heterocycles. The minimum absolute atomic E-state index is 0.0155. The second-order valence-electron chi connectivity index (χ2n) is 3.93. The Kier molecular flexibility index (Phi) is 4.78. The highest BCUT2D eigenvalue weighted by atomic mass is 79.9. The number of hydrogen-bond donors (Lipinski definition) is 1. The molecule has 1 N–H and O–H groups in total. The van der Waals surface area contributed by atoms with Gasteiger partial charge in [-0.1, -0.05) is 6.92 Å². The van der Waals surface area contributed by atoms with E-state index in [0.717, 1.165) is 28.7 Å². The maximum Gasteiger partial charge on any atom is 0.115 e. The van der Waals surface area contributed by atoms with Gasteiger partial charge in [0.1, 0.15) is 6.33 Å². The van der Waals surface area contributed by atoms with Crippen LogP contribution in [0.5, 0.6) is 0 Å². The lowest BCUT2D eigenvalue weighted by Gasteiger charge is -2.18. The van der Waals surface area contributed by atoms with Crippen molar-refractivity contribution in [3.8, 4) is 0 Å². The molecule has 2 heterocycles. The summed E-state index contributed by atoms with van der Waals surface area (Å²) in [4.78, 5) is 12.6. The number of halogens is 1. The summed E-state index contributed by atoms with van der Waals surface area (Å²) in [6.45, 7) is 3.06. The van der Waals surface area contributed by atoms with Crippen molar-refractivity contribution in [2.24, 2.45) is 0 Å². The van der Waals surface area contributed by atoms with Crippen molar-refractivity contribution in [2.45, 2.75) is 19.4 Å². The van der Waals surface area contributed by atoms with E-state index in [0.29, 0.717) is 0 Å². The Bertz CT molecular complexity index is 489. The van der Waals surface area contributed by atoms with Crippen LogP contribution < -0.4 is 5.32 Å². The highest BCUT2D eigenvalue weighted by molar-refractivity contribution is 9.10. The fourth-order valence-corrected chi connectivity index (χ4v) is 2.21. The van der Waals surface area contributed by atoms with E-state index in [9.17, 15) is 0 Å². The summed E-state index contributed by atoms with van der Waals surface area (Å²) in [6, 6.07) is 3.92.